The molecule has 4 N–H and O–H groups in total. The maximum atomic E-state index is 11.8. The lowest BCUT2D eigenvalue weighted by Gasteiger charge is -2.25. The largest absolute Gasteiger partial charge is 0.354 e. The van der Waals surface area contributed by atoms with Crippen LogP contribution in [0.25, 0.3) is 0 Å². The molecule has 0 saturated carbocycles. The first-order chi connectivity index (χ1) is 7.62. The lowest BCUT2D eigenvalue weighted by Crippen LogP contribution is -2.53. The van der Waals surface area contributed by atoms with Crippen molar-refractivity contribution >= 4 is 5.91 Å². The number of hydrogen-bond acceptors (Lipinski definition) is 3. The molecule has 0 aliphatic heterocycles. The molecule has 1 aromatic rings. The van der Waals surface area contributed by atoms with Crippen LogP contribution in [0.1, 0.15) is 32.5 Å². The molecule has 0 unspecified atom stereocenters. The van der Waals surface area contributed by atoms with Gasteiger partial charge in [0.1, 0.15) is 5.82 Å². The molecule has 1 aromatic heterocycles. The summed E-state index contributed by atoms with van der Waals surface area (Å²) >= 11 is 0. The summed E-state index contributed by atoms with van der Waals surface area (Å²) in [5, 5.41) is 2.84. The first-order valence-corrected chi connectivity index (χ1v) is 5.68. The van der Waals surface area contributed by atoms with E-state index in [1.54, 1.807) is 12.4 Å². The second-order valence-electron chi connectivity index (χ2n) is 3.91. The molecule has 0 radical (unpaired) electrons. The number of rotatable bonds is 6. The summed E-state index contributed by atoms with van der Waals surface area (Å²) in [6.45, 7) is 4.41. The van der Waals surface area contributed by atoms with E-state index < -0.39 is 5.54 Å². The van der Waals surface area contributed by atoms with Crippen LogP contribution < -0.4 is 11.1 Å². The fourth-order valence-electron chi connectivity index (χ4n) is 1.48. The van der Waals surface area contributed by atoms with Crippen LogP contribution in [0.2, 0.25) is 0 Å². The number of amides is 1. The Hall–Kier alpha value is -1.36. The van der Waals surface area contributed by atoms with Gasteiger partial charge in [-0.15, -0.1) is 0 Å². The fourth-order valence-corrected chi connectivity index (χ4v) is 1.48. The lowest BCUT2D eigenvalue weighted by atomic mass is 9.93. The second kappa shape index (κ2) is 5.65. The Balaban J connectivity index is 2.35. The van der Waals surface area contributed by atoms with Crippen molar-refractivity contribution in [1.82, 2.24) is 15.3 Å². The third kappa shape index (κ3) is 3.06. The van der Waals surface area contributed by atoms with Gasteiger partial charge >= 0.3 is 0 Å². The van der Waals surface area contributed by atoms with Crippen LogP contribution in [0.15, 0.2) is 12.4 Å². The number of carbonyl (C=O) groups is 1. The van der Waals surface area contributed by atoms with Crippen LogP contribution in [-0.4, -0.2) is 28.0 Å². The molecule has 1 heterocycles. The van der Waals surface area contributed by atoms with E-state index in [4.69, 9.17) is 5.73 Å². The van der Waals surface area contributed by atoms with Crippen LogP contribution in [0.5, 0.6) is 0 Å². The van der Waals surface area contributed by atoms with Crippen molar-refractivity contribution in [3.8, 4) is 0 Å². The smallest absolute Gasteiger partial charge is 0.240 e. The van der Waals surface area contributed by atoms with Gasteiger partial charge in [0.05, 0.1) is 5.54 Å². The van der Waals surface area contributed by atoms with Crippen molar-refractivity contribution in [3.05, 3.63) is 18.2 Å². The molecular weight excluding hydrogens is 204 g/mol. The average Bonchev–Trinajstić information content (AvgIpc) is 2.80. The van der Waals surface area contributed by atoms with Crippen molar-refractivity contribution < 1.29 is 4.79 Å². The van der Waals surface area contributed by atoms with Crippen LogP contribution in [-0.2, 0) is 11.2 Å². The van der Waals surface area contributed by atoms with Crippen molar-refractivity contribution in [3.63, 3.8) is 0 Å². The SMILES string of the molecule is CCC(N)(CC)C(=O)NCCc1ncc[nH]1. The Morgan fingerprint density at radius 2 is 2.25 bits per heavy atom. The molecule has 0 atom stereocenters. The molecule has 90 valence electrons. The van der Waals surface area contributed by atoms with Crippen LogP contribution >= 0.6 is 0 Å². The van der Waals surface area contributed by atoms with Crippen LogP contribution in [0.4, 0.5) is 0 Å². The van der Waals surface area contributed by atoms with Crippen LogP contribution in [0.3, 0.4) is 0 Å². The Morgan fingerprint density at radius 3 is 2.75 bits per heavy atom. The molecule has 0 fully saturated rings. The monoisotopic (exact) mass is 224 g/mol. The standard InChI is InChI=1S/C11H20N4O/c1-3-11(12,4-2)10(16)15-6-5-9-13-7-8-14-9/h7-8H,3-6,12H2,1-2H3,(H,13,14)(H,15,16). The van der Waals surface area contributed by atoms with Gasteiger partial charge in [-0.05, 0) is 12.8 Å². The molecular formula is C11H20N4O. The van der Waals surface area contributed by atoms with Gasteiger partial charge in [0.15, 0.2) is 0 Å². The van der Waals surface area contributed by atoms with Crippen molar-refractivity contribution in [2.24, 2.45) is 5.73 Å². The summed E-state index contributed by atoms with van der Waals surface area (Å²) in [5.41, 5.74) is 5.23. The summed E-state index contributed by atoms with van der Waals surface area (Å²) in [7, 11) is 0. The molecule has 5 heteroatoms. The minimum atomic E-state index is -0.733. The molecule has 0 aromatic carbocycles. The zero-order valence-corrected chi connectivity index (χ0v) is 9.92. The number of carbonyl (C=O) groups excluding carboxylic acids is 1. The van der Waals surface area contributed by atoms with Gasteiger partial charge in [0.25, 0.3) is 0 Å². The van der Waals surface area contributed by atoms with Gasteiger partial charge in [0, 0.05) is 25.4 Å². The van der Waals surface area contributed by atoms with E-state index in [1.165, 1.54) is 0 Å². The van der Waals surface area contributed by atoms with E-state index >= 15 is 0 Å². The maximum absolute atomic E-state index is 11.8. The Kier molecular flexibility index (Phi) is 4.49. The minimum Gasteiger partial charge on any atom is -0.354 e. The first kappa shape index (κ1) is 12.7. The molecule has 0 spiro atoms. The zero-order chi connectivity index (χ0) is 12.0. The fraction of sp³-hybridized carbons (Fsp3) is 0.636. The Labute approximate surface area is 95.8 Å². The number of imidazole rings is 1. The van der Waals surface area contributed by atoms with Crippen LogP contribution in [0, 0.1) is 0 Å². The van der Waals surface area contributed by atoms with Crippen molar-refractivity contribution in [1.29, 1.82) is 0 Å². The number of H-pyrrole nitrogens is 1. The number of nitrogens with two attached hydrogens (primary N) is 1. The summed E-state index contributed by atoms with van der Waals surface area (Å²) in [4.78, 5) is 18.9. The zero-order valence-electron chi connectivity index (χ0n) is 9.92. The molecule has 0 aliphatic carbocycles. The summed E-state index contributed by atoms with van der Waals surface area (Å²) in [6, 6.07) is 0. The van der Waals surface area contributed by atoms with Crippen molar-refractivity contribution in [2.75, 3.05) is 6.54 Å². The first-order valence-electron chi connectivity index (χ1n) is 5.68. The molecule has 1 rings (SSSR count). The second-order valence-corrected chi connectivity index (χ2v) is 3.91. The third-order valence-corrected chi connectivity index (χ3v) is 2.92. The molecule has 16 heavy (non-hydrogen) atoms. The maximum Gasteiger partial charge on any atom is 0.240 e. The third-order valence-electron chi connectivity index (χ3n) is 2.92. The van der Waals surface area contributed by atoms with E-state index in [2.05, 4.69) is 15.3 Å². The molecule has 0 saturated heterocycles. The summed E-state index contributed by atoms with van der Waals surface area (Å²) < 4.78 is 0. The van der Waals surface area contributed by atoms with Gasteiger partial charge in [-0.3, -0.25) is 4.79 Å². The number of nitrogens with one attached hydrogen (secondary N) is 2. The summed E-state index contributed by atoms with van der Waals surface area (Å²) in [6.07, 6.45) is 5.46. The van der Waals surface area contributed by atoms with E-state index in [-0.39, 0.29) is 5.91 Å². The highest BCUT2D eigenvalue weighted by Crippen LogP contribution is 2.10. The van der Waals surface area contributed by atoms with E-state index in [0.29, 0.717) is 25.8 Å². The van der Waals surface area contributed by atoms with Gasteiger partial charge in [-0.1, -0.05) is 13.8 Å². The van der Waals surface area contributed by atoms with Gasteiger partial charge in [-0.25, -0.2) is 4.98 Å². The Bertz CT molecular complexity index is 317. The normalized spacial score (nSPS) is 11.4. The molecule has 1 amide bonds. The van der Waals surface area contributed by atoms with E-state index in [9.17, 15) is 4.79 Å². The number of hydrogen-bond donors (Lipinski definition) is 3. The molecule has 0 bridgehead atoms. The number of aromatic amines is 1. The molecule has 0 aliphatic rings. The van der Waals surface area contributed by atoms with Gasteiger partial charge in [0.2, 0.25) is 5.91 Å². The number of nitrogens with zero attached hydrogens (tertiary/aromatic N) is 1. The predicted molar refractivity (Wildman–Crippen MR) is 62.8 cm³/mol. The predicted octanol–water partition coefficient (Wildman–Crippen LogP) is 0.586. The topological polar surface area (TPSA) is 83.8 Å². The highest BCUT2D eigenvalue weighted by atomic mass is 16.2. The van der Waals surface area contributed by atoms with E-state index in [1.807, 2.05) is 13.8 Å². The Morgan fingerprint density at radius 1 is 1.56 bits per heavy atom. The lowest BCUT2D eigenvalue weighted by molar-refractivity contribution is -0.126. The van der Waals surface area contributed by atoms with Gasteiger partial charge in [-0.2, -0.15) is 0 Å². The highest BCUT2D eigenvalue weighted by Gasteiger charge is 2.29. The number of aromatic nitrogens is 2. The van der Waals surface area contributed by atoms with E-state index in [0.717, 1.165) is 5.82 Å². The van der Waals surface area contributed by atoms with Crippen molar-refractivity contribution in [2.45, 2.75) is 38.6 Å². The quantitative estimate of drug-likeness (QED) is 0.661. The molecule has 5 nitrogen and oxygen atoms in total. The minimum absolute atomic E-state index is 0.0796. The summed E-state index contributed by atoms with van der Waals surface area (Å²) in [5.74, 6) is 0.792. The average molecular weight is 224 g/mol. The van der Waals surface area contributed by atoms with Gasteiger partial charge < -0.3 is 16.0 Å². The highest BCUT2D eigenvalue weighted by molar-refractivity contribution is 5.85.